The molecule has 2 saturated heterocycles. The van der Waals surface area contributed by atoms with E-state index >= 15 is 0 Å². The zero-order chi connectivity index (χ0) is 11.6. The molecule has 1 spiro atoms. The number of hydrogen-bond acceptors (Lipinski definition) is 5. The van der Waals surface area contributed by atoms with Crippen LogP contribution in [0.15, 0.2) is 0 Å². The lowest BCUT2D eigenvalue weighted by molar-refractivity contribution is -0.269. The summed E-state index contributed by atoms with van der Waals surface area (Å²) in [6.45, 7) is 2.82. The van der Waals surface area contributed by atoms with E-state index in [-0.39, 0.29) is 12.2 Å². The van der Waals surface area contributed by atoms with E-state index < -0.39 is 5.79 Å². The lowest BCUT2D eigenvalue weighted by atomic mass is 9.99. The molecule has 0 saturated carbocycles. The van der Waals surface area contributed by atoms with Crippen molar-refractivity contribution in [1.82, 2.24) is 0 Å². The molecule has 3 atom stereocenters. The van der Waals surface area contributed by atoms with E-state index in [1.54, 1.807) is 0 Å². The van der Waals surface area contributed by atoms with E-state index in [0.29, 0.717) is 4.38 Å². The number of rotatable bonds is 1. The summed E-state index contributed by atoms with van der Waals surface area (Å²) in [7, 11) is 0. The second-order valence-electron chi connectivity index (χ2n) is 4.34. The van der Waals surface area contributed by atoms with Gasteiger partial charge in [-0.3, -0.25) is 0 Å². The van der Waals surface area contributed by atoms with Crippen LogP contribution in [0, 0.1) is 0 Å². The molecule has 5 heteroatoms. The van der Waals surface area contributed by atoms with Gasteiger partial charge in [0.25, 0.3) is 0 Å². The van der Waals surface area contributed by atoms with Crippen LogP contribution in [-0.2, 0) is 14.2 Å². The first kappa shape index (κ1) is 12.6. The minimum atomic E-state index is -0.530. The monoisotopic (exact) mass is 262 g/mol. The molecule has 2 fully saturated rings. The van der Waals surface area contributed by atoms with Gasteiger partial charge in [0, 0.05) is 12.8 Å². The molecule has 0 bridgehead atoms. The van der Waals surface area contributed by atoms with Gasteiger partial charge >= 0.3 is 0 Å². The van der Waals surface area contributed by atoms with Crippen molar-refractivity contribution < 1.29 is 14.2 Å². The zero-order valence-electron chi connectivity index (χ0n) is 9.73. The Kier molecular flexibility index (Phi) is 4.11. The average molecular weight is 262 g/mol. The molecular weight excluding hydrogens is 244 g/mol. The minimum absolute atomic E-state index is 0.0391. The van der Waals surface area contributed by atoms with Gasteiger partial charge in [-0.1, -0.05) is 11.8 Å². The Hall–Kier alpha value is 0.160. The van der Waals surface area contributed by atoms with E-state index in [2.05, 4.69) is 6.92 Å². The highest BCUT2D eigenvalue weighted by Gasteiger charge is 2.51. The first-order valence-electron chi connectivity index (χ1n) is 5.73. The molecule has 0 N–H and O–H groups in total. The first-order chi connectivity index (χ1) is 7.66. The molecule has 3 nitrogen and oxygen atoms in total. The van der Waals surface area contributed by atoms with Crippen LogP contribution in [0.25, 0.3) is 0 Å². The highest BCUT2D eigenvalue weighted by molar-refractivity contribution is 8.22. The normalized spacial score (nSPS) is 38.9. The Morgan fingerprint density at radius 1 is 1.50 bits per heavy atom. The summed E-state index contributed by atoms with van der Waals surface area (Å²) in [6.07, 6.45) is 6.10. The lowest BCUT2D eigenvalue weighted by Crippen LogP contribution is -2.46. The summed E-state index contributed by atoms with van der Waals surface area (Å²) in [6, 6.07) is 0. The van der Waals surface area contributed by atoms with Crippen LogP contribution in [0.4, 0.5) is 0 Å². The van der Waals surface area contributed by atoms with Gasteiger partial charge in [-0.15, -0.1) is 0 Å². The van der Waals surface area contributed by atoms with Gasteiger partial charge < -0.3 is 14.2 Å². The largest absolute Gasteiger partial charge is 0.469 e. The lowest BCUT2D eigenvalue weighted by Gasteiger charge is -2.37. The van der Waals surface area contributed by atoms with Crippen molar-refractivity contribution in [3.05, 3.63) is 0 Å². The van der Waals surface area contributed by atoms with Crippen LogP contribution in [0.2, 0.25) is 0 Å². The molecule has 0 aromatic heterocycles. The van der Waals surface area contributed by atoms with Crippen LogP contribution in [0.5, 0.6) is 0 Å². The molecule has 0 radical (unpaired) electrons. The highest BCUT2D eigenvalue weighted by Crippen LogP contribution is 2.40. The number of thioether (sulfide) groups is 1. The maximum absolute atomic E-state index is 5.93. The van der Waals surface area contributed by atoms with Gasteiger partial charge in [0.1, 0.15) is 0 Å². The average Bonchev–Trinajstić information content (AvgIpc) is 2.56. The van der Waals surface area contributed by atoms with Gasteiger partial charge in [-0.05, 0) is 38.2 Å². The molecule has 0 aliphatic carbocycles. The third-order valence-corrected chi connectivity index (χ3v) is 4.13. The predicted molar refractivity (Wildman–Crippen MR) is 68.7 cm³/mol. The Labute approximate surface area is 106 Å². The maximum atomic E-state index is 5.93. The number of thiocarbonyl (C=S) groups is 1. The fourth-order valence-corrected chi connectivity index (χ4v) is 2.71. The van der Waals surface area contributed by atoms with Crippen LogP contribution >= 0.6 is 24.0 Å². The van der Waals surface area contributed by atoms with Gasteiger partial charge in [-0.2, -0.15) is 0 Å². The van der Waals surface area contributed by atoms with Crippen molar-refractivity contribution in [2.75, 3.05) is 12.9 Å². The summed E-state index contributed by atoms with van der Waals surface area (Å²) in [5.41, 5.74) is 0. The molecule has 2 rings (SSSR count). The van der Waals surface area contributed by atoms with Crippen molar-refractivity contribution >= 4 is 28.4 Å². The molecule has 92 valence electrons. The molecule has 16 heavy (non-hydrogen) atoms. The van der Waals surface area contributed by atoms with Gasteiger partial charge in [-0.25, -0.2) is 0 Å². The summed E-state index contributed by atoms with van der Waals surface area (Å²) in [5, 5.41) is 0. The molecule has 0 amide bonds. The fraction of sp³-hybridized carbons (Fsp3) is 0.909. The van der Waals surface area contributed by atoms with E-state index in [4.69, 9.17) is 26.4 Å². The first-order valence-corrected chi connectivity index (χ1v) is 7.36. The molecular formula is C11H18O3S2. The van der Waals surface area contributed by atoms with E-state index in [9.17, 15) is 0 Å². The Bertz CT molecular complexity index is 264. The fourth-order valence-electron chi connectivity index (χ4n) is 2.39. The van der Waals surface area contributed by atoms with Gasteiger partial charge in [0.05, 0.1) is 12.7 Å². The molecule has 2 aliphatic rings. The van der Waals surface area contributed by atoms with Crippen molar-refractivity contribution in [3.63, 3.8) is 0 Å². The molecule has 0 unspecified atom stereocenters. The molecule has 2 heterocycles. The van der Waals surface area contributed by atoms with Crippen molar-refractivity contribution in [2.24, 2.45) is 0 Å². The molecule has 2 aliphatic heterocycles. The summed E-state index contributed by atoms with van der Waals surface area (Å²) in [5.74, 6) is -0.530. The van der Waals surface area contributed by atoms with E-state index in [1.807, 2.05) is 6.26 Å². The Morgan fingerprint density at radius 3 is 2.94 bits per heavy atom. The Balaban J connectivity index is 2.05. The van der Waals surface area contributed by atoms with Crippen LogP contribution in [-0.4, -0.2) is 35.2 Å². The quantitative estimate of drug-likeness (QED) is 0.677. The van der Waals surface area contributed by atoms with Crippen LogP contribution in [0.3, 0.4) is 0 Å². The molecule has 0 aromatic carbocycles. The number of hydrogen-bond donors (Lipinski definition) is 0. The summed E-state index contributed by atoms with van der Waals surface area (Å²) >= 11 is 6.57. The maximum Gasteiger partial charge on any atom is 0.220 e. The van der Waals surface area contributed by atoms with E-state index in [1.165, 1.54) is 11.8 Å². The third-order valence-electron chi connectivity index (χ3n) is 3.11. The van der Waals surface area contributed by atoms with Crippen LogP contribution < -0.4 is 0 Å². The van der Waals surface area contributed by atoms with Gasteiger partial charge in [0.2, 0.25) is 10.2 Å². The van der Waals surface area contributed by atoms with Crippen molar-refractivity contribution in [2.45, 2.75) is 50.6 Å². The zero-order valence-corrected chi connectivity index (χ0v) is 11.4. The van der Waals surface area contributed by atoms with Crippen LogP contribution in [0.1, 0.15) is 32.6 Å². The second-order valence-corrected chi connectivity index (χ2v) is 5.75. The third kappa shape index (κ3) is 2.53. The second kappa shape index (κ2) is 5.21. The van der Waals surface area contributed by atoms with Gasteiger partial charge in [0.15, 0.2) is 6.10 Å². The SMILES string of the molecule is CSC(=S)O[C@H]1C[C@H](C)O[C@]12CCCCO2. The van der Waals surface area contributed by atoms with E-state index in [0.717, 1.165) is 32.3 Å². The standard InChI is InChI=1S/C11H18O3S2/c1-8-7-9(13-10(15)16-2)11(14-8)5-3-4-6-12-11/h8-9H,3-7H2,1-2H3/t8-,9-,11+/m0/s1. The highest BCUT2D eigenvalue weighted by atomic mass is 32.2. The van der Waals surface area contributed by atoms with Crippen molar-refractivity contribution in [3.8, 4) is 0 Å². The number of ether oxygens (including phenoxy) is 3. The van der Waals surface area contributed by atoms with Crippen molar-refractivity contribution in [1.29, 1.82) is 0 Å². The topological polar surface area (TPSA) is 27.7 Å². The summed E-state index contributed by atoms with van der Waals surface area (Å²) in [4.78, 5) is 0. The smallest absolute Gasteiger partial charge is 0.220 e. The Morgan fingerprint density at radius 2 is 2.31 bits per heavy atom. The summed E-state index contributed by atoms with van der Waals surface area (Å²) < 4.78 is 18.1. The predicted octanol–water partition coefficient (Wildman–Crippen LogP) is 2.73. The molecule has 0 aromatic rings. The minimum Gasteiger partial charge on any atom is -0.469 e.